The number of amides is 1. The number of rotatable bonds is 6. The lowest BCUT2D eigenvalue weighted by Crippen LogP contribution is -2.40. The molecule has 0 unspecified atom stereocenters. The molecule has 1 atom stereocenters. The summed E-state index contributed by atoms with van der Waals surface area (Å²) in [5.41, 5.74) is 5.56. The lowest BCUT2D eigenvalue weighted by atomic mass is 10.1. The normalized spacial score (nSPS) is 15.5. The molecule has 150 valence electrons. The first-order valence-electron chi connectivity index (χ1n) is 9.95. The zero-order valence-electron chi connectivity index (χ0n) is 17.4. The number of nitrogens with one attached hydrogen (secondary N) is 1. The van der Waals surface area contributed by atoms with E-state index in [0.717, 1.165) is 49.7 Å². The van der Waals surface area contributed by atoms with Gasteiger partial charge >= 0.3 is 0 Å². The molecule has 2 aromatic carbocycles. The first-order valence-corrected chi connectivity index (χ1v) is 9.95. The van der Waals surface area contributed by atoms with Gasteiger partial charge in [-0.05, 0) is 50.6 Å². The minimum absolute atomic E-state index is 0.0174. The van der Waals surface area contributed by atoms with Gasteiger partial charge in [0.1, 0.15) is 0 Å². The fourth-order valence-electron chi connectivity index (χ4n) is 3.60. The van der Waals surface area contributed by atoms with Crippen LogP contribution >= 0.6 is 0 Å². The maximum atomic E-state index is 12.9. The molecule has 1 aliphatic heterocycles. The molecule has 1 aliphatic rings. The molecule has 0 aromatic heterocycles. The predicted octanol–water partition coefficient (Wildman–Crippen LogP) is 3.60. The number of hydrogen-bond donors (Lipinski definition) is 1. The lowest BCUT2D eigenvalue weighted by molar-refractivity contribution is -0.120. The summed E-state index contributed by atoms with van der Waals surface area (Å²) in [6.07, 6.45) is 0. The minimum Gasteiger partial charge on any atom is -0.378 e. The third-order valence-corrected chi connectivity index (χ3v) is 5.53. The van der Waals surface area contributed by atoms with Gasteiger partial charge in [0.15, 0.2) is 0 Å². The number of hydrogen-bond acceptors (Lipinski definition) is 4. The Kier molecular flexibility index (Phi) is 6.70. The molecule has 5 heteroatoms. The highest BCUT2D eigenvalue weighted by Crippen LogP contribution is 2.24. The summed E-state index contributed by atoms with van der Waals surface area (Å²) in [6, 6.07) is 14.3. The van der Waals surface area contributed by atoms with E-state index >= 15 is 0 Å². The fraction of sp³-hybridized carbons (Fsp3) is 0.435. The van der Waals surface area contributed by atoms with Gasteiger partial charge in [0.05, 0.1) is 19.3 Å². The van der Waals surface area contributed by atoms with Gasteiger partial charge in [-0.15, -0.1) is 0 Å². The number of nitrogens with zero attached hydrogens (tertiary/aromatic N) is 2. The van der Waals surface area contributed by atoms with Gasteiger partial charge in [-0.2, -0.15) is 0 Å². The number of ether oxygens (including phenoxy) is 1. The number of likely N-dealkylation sites (N-methyl/N-ethyl adjacent to an activating group) is 1. The van der Waals surface area contributed by atoms with Crippen LogP contribution < -0.4 is 10.2 Å². The van der Waals surface area contributed by atoms with Crippen molar-refractivity contribution in [1.82, 2.24) is 4.90 Å². The van der Waals surface area contributed by atoms with Gasteiger partial charge in [-0.1, -0.05) is 36.4 Å². The average molecular weight is 382 g/mol. The Morgan fingerprint density at radius 1 is 1.11 bits per heavy atom. The van der Waals surface area contributed by atoms with Crippen molar-refractivity contribution in [3.63, 3.8) is 0 Å². The second-order valence-electron chi connectivity index (χ2n) is 7.58. The SMILES string of the molecule is Cc1cccc(C)c1NC(=O)[C@H](C)N(C)Cc1ccccc1N1CCOCC1. The lowest BCUT2D eigenvalue weighted by Gasteiger charge is -2.32. The van der Waals surface area contributed by atoms with Crippen molar-refractivity contribution in [1.29, 1.82) is 0 Å². The van der Waals surface area contributed by atoms with E-state index < -0.39 is 0 Å². The van der Waals surface area contributed by atoms with Crippen molar-refractivity contribution in [3.05, 3.63) is 59.2 Å². The van der Waals surface area contributed by atoms with E-state index in [2.05, 4.69) is 39.4 Å². The maximum Gasteiger partial charge on any atom is 0.241 e. The van der Waals surface area contributed by atoms with E-state index in [0.29, 0.717) is 0 Å². The van der Waals surface area contributed by atoms with Gasteiger partial charge in [-0.25, -0.2) is 0 Å². The van der Waals surface area contributed by atoms with E-state index in [1.807, 2.05) is 46.0 Å². The molecule has 1 N–H and O–H groups in total. The average Bonchev–Trinajstić information content (AvgIpc) is 2.71. The molecule has 0 radical (unpaired) electrons. The number of para-hydroxylation sites is 2. The van der Waals surface area contributed by atoms with Crippen LogP contribution in [-0.2, 0) is 16.1 Å². The molecule has 0 saturated carbocycles. The number of benzene rings is 2. The van der Waals surface area contributed by atoms with Crippen LogP contribution in [0.3, 0.4) is 0 Å². The van der Waals surface area contributed by atoms with E-state index in [4.69, 9.17) is 4.74 Å². The number of anilines is 2. The van der Waals surface area contributed by atoms with Crippen LogP contribution in [0.5, 0.6) is 0 Å². The second kappa shape index (κ2) is 9.22. The zero-order chi connectivity index (χ0) is 20.1. The molecular formula is C23H31N3O2. The quantitative estimate of drug-likeness (QED) is 0.830. The summed E-state index contributed by atoms with van der Waals surface area (Å²) in [7, 11) is 2.01. The molecule has 1 fully saturated rings. The highest BCUT2D eigenvalue weighted by molar-refractivity contribution is 5.95. The highest BCUT2D eigenvalue weighted by atomic mass is 16.5. The Balaban J connectivity index is 1.69. The molecule has 1 saturated heterocycles. The van der Waals surface area contributed by atoms with Crippen molar-refractivity contribution in [2.75, 3.05) is 43.6 Å². The van der Waals surface area contributed by atoms with Crippen LogP contribution in [0.15, 0.2) is 42.5 Å². The largest absolute Gasteiger partial charge is 0.378 e. The van der Waals surface area contributed by atoms with Crippen molar-refractivity contribution in [2.45, 2.75) is 33.4 Å². The molecule has 0 aliphatic carbocycles. The molecule has 2 aromatic rings. The van der Waals surface area contributed by atoms with Crippen molar-refractivity contribution in [3.8, 4) is 0 Å². The van der Waals surface area contributed by atoms with E-state index in [9.17, 15) is 4.79 Å². The summed E-state index contributed by atoms with van der Waals surface area (Å²) < 4.78 is 5.48. The molecule has 5 nitrogen and oxygen atoms in total. The summed E-state index contributed by atoms with van der Waals surface area (Å²) >= 11 is 0. The topological polar surface area (TPSA) is 44.8 Å². The molecule has 0 spiro atoms. The van der Waals surface area contributed by atoms with Crippen LogP contribution in [0.4, 0.5) is 11.4 Å². The molecule has 0 bridgehead atoms. The van der Waals surface area contributed by atoms with Crippen molar-refractivity contribution < 1.29 is 9.53 Å². The van der Waals surface area contributed by atoms with Crippen molar-refractivity contribution >= 4 is 17.3 Å². The summed E-state index contributed by atoms with van der Waals surface area (Å²) in [5.74, 6) is 0.0174. The molecule has 1 amide bonds. The molecule has 3 rings (SSSR count). The van der Waals surface area contributed by atoms with E-state index in [-0.39, 0.29) is 11.9 Å². The Labute approximate surface area is 168 Å². The van der Waals surface area contributed by atoms with E-state index in [1.54, 1.807) is 0 Å². The summed E-state index contributed by atoms with van der Waals surface area (Å²) in [5, 5.41) is 3.12. The Hall–Kier alpha value is -2.37. The monoisotopic (exact) mass is 381 g/mol. The highest BCUT2D eigenvalue weighted by Gasteiger charge is 2.21. The van der Waals surface area contributed by atoms with Crippen LogP contribution in [0.25, 0.3) is 0 Å². The fourth-order valence-corrected chi connectivity index (χ4v) is 3.60. The Morgan fingerprint density at radius 3 is 2.43 bits per heavy atom. The zero-order valence-corrected chi connectivity index (χ0v) is 17.4. The predicted molar refractivity (Wildman–Crippen MR) is 115 cm³/mol. The number of carbonyl (C=O) groups excluding carboxylic acids is 1. The number of morpholine rings is 1. The van der Waals surface area contributed by atoms with Crippen LogP contribution in [0.2, 0.25) is 0 Å². The smallest absolute Gasteiger partial charge is 0.241 e. The number of carbonyl (C=O) groups is 1. The first kappa shape index (κ1) is 20.4. The van der Waals surface area contributed by atoms with Crippen LogP contribution in [0, 0.1) is 13.8 Å². The summed E-state index contributed by atoms with van der Waals surface area (Å²) in [6.45, 7) is 10.1. The standard InChI is InChI=1S/C23H31N3O2/c1-17-8-7-9-18(2)22(17)24-23(27)19(3)25(4)16-20-10-5-6-11-21(20)26-12-14-28-15-13-26/h5-11,19H,12-16H2,1-4H3,(H,24,27)/t19-/m0/s1. The molecular weight excluding hydrogens is 350 g/mol. The van der Waals surface area contributed by atoms with E-state index in [1.165, 1.54) is 11.3 Å². The first-order chi connectivity index (χ1) is 13.5. The second-order valence-corrected chi connectivity index (χ2v) is 7.58. The van der Waals surface area contributed by atoms with Gasteiger partial charge in [-0.3, -0.25) is 9.69 Å². The van der Waals surface area contributed by atoms with Crippen LogP contribution in [-0.4, -0.2) is 50.2 Å². The van der Waals surface area contributed by atoms with Gasteiger partial charge < -0.3 is 15.0 Å². The van der Waals surface area contributed by atoms with Crippen LogP contribution in [0.1, 0.15) is 23.6 Å². The Bertz CT molecular complexity index is 795. The van der Waals surface area contributed by atoms with Gasteiger partial charge in [0.25, 0.3) is 0 Å². The third-order valence-electron chi connectivity index (χ3n) is 5.53. The van der Waals surface area contributed by atoms with Gasteiger partial charge in [0.2, 0.25) is 5.91 Å². The Morgan fingerprint density at radius 2 is 1.75 bits per heavy atom. The summed E-state index contributed by atoms with van der Waals surface area (Å²) in [4.78, 5) is 17.3. The molecule has 28 heavy (non-hydrogen) atoms. The third kappa shape index (κ3) is 4.72. The van der Waals surface area contributed by atoms with Crippen molar-refractivity contribution in [2.24, 2.45) is 0 Å². The molecule has 1 heterocycles. The maximum absolute atomic E-state index is 12.9. The van der Waals surface area contributed by atoms with Gasteiger partial charge in [0, 0.05) is 31.0 Å². The number of aryl methyl sites for hydroxylation is 2. The minimum atomic E-state index is -0.239.